The smallest absolute Gasteiger partial charge is 0.338 e. The van der Waals surface area contributed by atoms with Crippen molar-refractivity contribution in [3.05, 3.63) is 77.6 Å². The Bertz CT molecular complexity index is 1190. The van der Waals surface area contributed by atoms with E-state index in [4.69, 9.17) is 9.47 Å². The summed E-state index contributed by atoms with van der Waals surface area (Å²) < 4.78 is 24.8. The van der Waals surface area contributed by atoms with Gasteiger partial charge in [-0.3, -0.25) is 4.79 Å². The van der Waals surface area contributed by atoms with Crippen LogP contribution in [0, 0.1) is 5.82 Å². The van der Waals surface area contributed by atoms with Gasteiger partial charge in [0.2, 0.25) is 5.91 Å². The summed E-state index contributed by atoms with van der Waals surface area (Å²) in [6.07, 6.45) is 0. The molecule has 0 unspecified atom stereocenters. The zero-order chi connectivity index (χ0) is 22.9. The lowest BCUT2D eigenvalue weighted by Gasteiger charge is -2.34. The minimum atomic E-state index is -0.805. The van der Waals surface area contributed by atoms with Gasteiger partial charge in [0.1, 0.15) is 23.7 Å². The number of benzene rings is 3. The Morgan fingerprint density at radius 1 is 1.03 bits per heavy atom. The highest BCUT2D eigenvalue weighted by Crippen LogP contribution is 2.42. The maximum Gasteiger partial charge on any atom is 0.338 e. The van der Waals surface area contributed by atoms with Crippen molar-refractivity contribution in [3.63, 3.8) is 0 Å². The van der Waals surface area contributed by atoms with E-state index in [-0.39, 0.29) is 12.5 Å². The van der Waals surface area contributed by atoms with E-state index in [1.165, 1.54) is 19.2 Å². The van der Waals surface area contributed by atoms with Crippen molar-refractivity contribution < 1.29 is 23.5 Å². The summed E-state index contributed by atoms with van der Waals surface area (Å²) in [6, 6.07) is 16.5. The zero-order valence-electron chi connectivity index (χ0n) is 18.0. The lowest BCUT2D eigenvalue weighted by Crippen LogP contribution is -2.47. The van der Waals surface area contributed by atoms with Crippen molar-refractivity contribution in [2.24, 2.45) is 0 Å². The first-order valence-electron chi connectivity index (χ1n) is 10.1. The minimum absolute atomic E-state index is 0.102. The van der Waals surface area contributed by atoms with E-state index in [9.17, 15) is 14.0 Å². The summed E-state index contributed by atoms with van der Waals surface area (Å²) in [4.78, 5) is 25.2. The second-order valence-corrected chi connectivity index (χ2v) is 8.01. The molecule has 1 aliphatic heterocycles. The number of esters is 1. The Balaban J connectivity index is 1.80. The van der Waals surface area contributed by atoms with Crippen molar-refractivity contribution in [2.75, 3.05) is 17.7 Å². The van der Waals surface area contributed by atoms with Gasteiger partial charge in [0.15, 0.2) is 0 Å². The largest absolute Gasteiger partial charge is 0.496 e. The van der Waals surface area contributed by atoms with Crippen LogP contribution in [0.5, 0.6) is 5.75 Å². The standard InChI is InChI=1S/C25H23FN2O4/c1-25(2)24(30)27-22-19(14-32-23(29)15-7-5-4-6-8-15)17(11-12-20(22)28-25)18-10-9-16(26)13-21(18)31-3/h4-13,28H,14H2,1-3H3,(H,27,30). The van der Waals surface area contributed by atoms with E-state index in [1.54, 1.807) is 44.2 Å². The number of carbonyl (C=O) groups excluding carboxylic acids is 2. The number of methoxy groups -OCH3 is 1. The lowest BCUT2D eigenvalue weighted by atomic mass is 9.93. The highest BCUT2D eigenvalue weighted by atomic mass is 19.1. The normalized spacial score (nSPS) is 14.1. The summed E-state index contributed by atoms with van der Waals surface area (Å²) in [6.45, 7) is 3.45. The predicted octanol–water partition coefficient (Wildman–Crippen LogP) is 5.00. The topological polar surface area (TPSA) is 76.7 Å². The molecule has 1 aliphatic rings. The second kappa shape index (κ2) is 8.34. The number of halogens is 1. The average molecular weight is 434 g/mol. The molecule has 0 aliphatic carbocycles. The van der Waals surface area contributed by atoms with Crippen LogP contribution in [0.15, 0.2) is 60.7 Å². The van der Waals surface area contributed by atoms with Gasteiger partial charge in [-0.25, -0.2) is 9.18 Å². The van der Waals surface area contributed by atoms with Gasteiger partial charge in [0.25, 0.3) is 0 Å². The van der Waals surface area contributed by atoms with Gasteiger partial charge in [0, 0.05) is 17.2 Å². The Morgan fingerprint density at radius 3 is 2.47 bits per heavy atom. The van der Waals surface area contributed by atoms with Gasteiger partial charge in [-0.1, -0.05) is 24.3 Å². The quantitative estimate of drug-likeness (QED) is 0.553. The number of rotatable bonds is 5. The molecule has 0 saturated carbocycles. The van der Waals surface area contributed by atoms with Gasteiger partial charge in [0.05, 0.1) is 24.0 Å². The number of hydrogen-bond acceptors (Lipinski definition) is 5. The Hall–Kier alpha value is -3.87. The van der Waals surface area contributed by atoms with E-state index >= 15 is 0 Å². The Morgan fingerprint density at radius 2 is 1.75 bits per heavy atom. The van der Waals surface area contributed by atoms with Gasteiger partial charge < -0.3 is 20.1 Å². The minimum Gasteiger partial charge on any atom is -0.496 e. The lowest BCUT2D eigenvalue weighted by molar-refractivity contribution is -0.119. The van der Waals surface area contributed by atoms with Crippen LogP contribution in [0.2, 0.25) is 0 Å². The number of amides is 1. The summed E-state index contributed by atoms with van der Waals surface area (Å²) >= 11 is 0. The van der Waals surface area contributed by atoms with Crippen LogP contribution < -0.4 is 15.4 Å². The third-order valence-electron chi connectivity index (χ3n) is 5.38. The van der Waals surface area contributed by atoms with Gasteiger partial charge in [-0.15, -0.1) is 0 Å². The fraction of sp³-hybridized carbons (Fsp3) is 0.200. The van der Waals surface area contributed by atoms with Crippen molar-refractivity contribution >= 4 is 23.3 Å². The van der Waals surface area contributed by atoms with E-state index in [2.05, 4.69) is 10.6 Å². The summed E-state index contributed by atoms with van der Waals surface area (Å²) in [7, 11) is 1.46. The van der Waals surface area contributed by atoms with Crippen molar-refractivity contribution in [3.8, 4) is 16.9 Å². The highest BCUT2D eigenvalue weighted by molar-refractivity contribution is 6.07. The molecule has 0 fully saturated rings. The molecule has 4 rings (SSSR count). The SMILES string of the molecule is COc1cc(F)ccc1-c1ccc2c(c1COC(=O)c1ccccc1)NC(=O)C(C)(C)N2. The average Bonchev–Trinajstić information content (AvgIpc) is 2.78. The van der Waals surface area contributed by atoms with Crippen molar-refractivity contribution in [1.82, 2.24) is 0 Å². The van der Waals surface area contributed by atoms with Crippen LogP contribution in [-0.2, 0) is 16.1 Å². The molecule has 1 heterocycles. The van der Waals surface area contributed by atoms with Gasteiger partial charge in [-0.05, 0) is 49.7 Å². The monoisotopic (exact) mass is 434 g/mol. The fourth-order valence-electron chi connectivity index (χ4n) is 3.64. The molecule has 0 atom stereocenters. The summed E-state index contributed by atoms with van der Waals surface area (Å²) in [5.74, 6) is -0.812. The van der Waals surface area contributed by atoms with Crippen molar-refractivity contribution in [1.29, 1.82) is 0 Å². The van der Waals surface area contributed by atoms with Crippen LogP contribution in [0.3, 0.4) is 0 Å². The molecule has 0 bridgehead atoms. The van der Waals surface area contributed by atoms with Crippen LogP contribution in [0.1, 0.15) is 29.8 Å². The molecule has 164 valence electrons. The van der Waals surface area contributed by atoms with E-state index in [1.807, 2.05) is 18.2 Å². The number of anilines is 2. The first kappa shape index (κ1) is 21.4. The molecule has 0 saturated heterocycles. The maximum absolute atomic E-state index is 13.8. The third kappa shape index (κ3) is 4.01. The molecule has 0 spiro atoms. The number of hydrogen-bond donors (Lipinski definition) is 2. The molecule has 2 N–H and O–H groups in total. The van der Waals surface area contributed by atoms with Gasteiger partial charge in [-0.2, -0.15) is 0 Å². The number of nitrogens with one attached hydrogen (secondary N) is 2. The molecule has 6 nitrogen and oxygen atoms in total. The Labute approximate surface area is 185 Å². The summed E-state index contributed by atoms with van der Waals surface area (Å²) in [5.41, 5.74) is 2.67. The number of carbonyl (C=O) groups is 2. The third-order valence-corrected chi connectivity index (χ3v) is 5.38. The Kier molecular flexibility index (Phi) is 5.57. The first-order chi connectivity index (χ1) is 15.3. The predicted molar refractivity (Wildman–Crippen MR) is 120 cm³/mol. The second-order valence-electron chi connectivity index (χ2n) is 8.01. The number of ether oxygens (including phenoxy) is 2. The van der Waals surface area contributed by atoms with Gasteiger partial charge >= 0.3 is 5.97 Å². The highest BCUT2D eigenvalue weighted by Gasteiger charge is 2.35. The van der Waals surface area contributed by atoms with Crippen LogP contribution in [-0.4, -0.2) is 24.5 Å². The fourth-order valence-corrected chi connectivity index (χ4v) is 3.64. The molecular weight excluding hydrogens is 411 g/mol. The van der Waals surface area contributed by atoms with E-state index < -0.39 is 17.3 Å². The molecule has 1 amide bonds. The van der Waals surface area contributed by atoms with Crippen molar-refractivity contribution in [2.45, 2.75) is 26.0 Å². The van der Waals surface area contributed by atoms with Crippen LogP contribution in [0.25, 0.3) is 11.1 Å². The van der Waals surface area contributed by atoms with Crippen LogP contribution >= 0.6 is 0 Å². The molecule has 3 aromatic rings. The maximum atomic E-state index is 13.8. The molecule has 0 radical (unpaired) electrons. The first-order valence-corrected chi connectivity index (χ1v) is 10.1. The number of fused-ring (bicyclic) bond motifs is 1. The zero-order valence-corrected chi connectivity index (χ0v) is 18.0. The van der Waals surface area contributed by atoms with Crippen LogP contribution in [0.4, 0.5) is 15.8 Å². The molecule has 3 aromatic carbocycles. The molecule has 32 heavy (non-hydrogen) atoms. The summed E-state index contributed by atoms with van der Waals surface area (Å²) in [5, 5.41) is 6.15. The molecule has 7 heteroatoms. The van der Waals surface area contributed by atoms with E-state index in [0.717, 1.165) is 0 Å². The van der Waals surface area contributed by atoms with E-state index in [0.29, 0.717) is 39.4 Å². The molecule has 0 aromatic heterocycles. The molecular formula is C25H23FN2O4.